The summed E-state index contributed by atoms with van der Waals surface area (Å²) in [5, 5.41) is 3.33. The number of ether oxygens (including phenoxy) is 1. The molecule has 5 nitrogen and oxygen atoms in total. The minimum Gasteiger partial charge on any atom is -0.466 e. The number of aryl methyl sites for hydroxylation is 1. The molecule has 1 N–H and O–H groups in total. The molecule has 0 fully saturated rings. The van der Waals surface area contributed by atoms with Crippen LogP contribution in [0.4, 0.5) is 9.52 Å². The van der Waals surface area contributed by atoms with E-state index in [-0.39, 0.29) is 30.0 Å². The first kappa shape index (κ1) is 17.5. The van der Waals surface area contributed by atoms with E-state index >= 15 is 0 Å². The van der Waals surface area contributed by atoms with Gasteiger partial charge in [0.05, 0.1) is 24.6 Å². The summed E-state index contributed by atoms with van der Waals surface area (Å²) in [6.45, 7) is 2.18. The molecule has 132 valence electrons. The van der Waals surface area contributed by atoms with Gasteiger partial charge in [0.2, 0.25) is 5.91 Å². The minimum absolute atomic E-state index is 0.129. The van der Waals surface area contributed by atoms with Crippen molar-refractivity contribution in [3.05, 3.63) is 46.2 Å². The van der Waals surface area contributed by atoms with Gasteiger partial charge < -0.3 is 10.1 Å². The van der Waals surface area contributed by atoms with Gasteiger partial charge in [0.1, 0.15) is 5.82 Å². The molecule has 1 aliphatic rings. The lowest BCUT2D eigenvalue weighted by atomic mass is 9.91. The SMILES string of the molecule is CCOC(=O)C1CCc2nc(NC(=O)Cc3ccc(F)cc3)sc2C1. The number of rotatable bonds is 5. The molecule has 1 atom stereocenters. The number of fused-ring (bicyclic) bond motifs is 1. The van der Waals surface area contributed by atoms with Crippen molar-refractivity contribution >= 4 is 28.3 Å². The van der Waals surface area contributed by atoms with Crippen LogP contribution in [0.25, 0.3) is 0 Å². The summed E-state index contributed by atoms with van der Waals surface area (Å²) < 4.78 is 18.0. The zero-order chi connectivity index (χ0) is 17.8. The van der Waals surface area contributed by atoms with E-state index in [9.17, 15) is 14.0 Å². The molecule has 1 aromatic heterocycles. The van der Waals surface area contributed by atoms with Gasteiger partial charge in [-0.15, -0.1) is 11.3 Å². The van der Waals surface area contributed by atoms with Crippen molar-refractivity contribution in [2.45, 2.75) is 32.6 Å². The normalized spacial score (nSPS) is 16.2. The Kier molecular flexibility index (Phi) is 5.43. The smallest absolute Gasteiger partial charge is 0.309 e. The maximum atomic E-state index is 12.9. The van der Waals surface area contributed by atoms with Gasteiger partial charge in [0.15, 0.2) is 5.13 Å². The Bertz CT molecular complexity index is 773. The second kappa shape index (κ2) is 7.74. The van der Waals surface area contributed by atoms with Crippen LogP contribution in [-0.4, -0.2) is 23.5 Å². The largest absolute Gasteiger partial charge is 0.466 e. The first-order valence-corrected chi connectivity index (χ1v) is 9.06. The van der Waals surface area contributed by atoms with Crippen LogP contribution in [0.2, 0.25) is 0 Å². The van der Waals surface area contributed by atoms with Crippen molar-refractivity contribution in [3.63, 3.8) is 0 Å². The first-order chi connectivity index (χ1) is 12.0. The lowest BCUT2D eigenvalue weighted by Gasteiger charge is -2.18. The number of esters is 1. The number of anilines is 1. The number of carbonyl (C=O) groups is 2. The number of carbonyl (C=O) groups excluding carboxylic acids is 2. The second-order valence-corrected chi connectivity index (χ2v) is 7.02. The molecule has 1 amide bonds. The monoisotopic (exact) mass is 362 g/mol. The van der Waals surface area contributed by atoms with Crippen molar-refractivity contribution in [2.24, 2.45) is 5.92 Å². The Morgan fingerprint density at radius 3 is 2.84 bits per heavy atom. The van der Waals surface area contributed by atoms with Gasteiger partial charge in [-0.1, -0.05) is 12.1 Å². The fourth-order valence-corrected chi connectivity index (χ4v) is 3.94. The number of benzene rings is 1. The fourth-order valence-electron chi connectivity index (χ4n) is 2.84. The van der Waals surface area contributed by atoms with Crippen LogP contribution in [0.1, 0.15) is 29.5 Å². The van der Waals surface area contributed by atoms with Gasteiger partial charge in [-0.2, -0.15) is 0 Å². The van der Waals surface area contributed by atoms with Crippen LogP contribution >= 0.6 is 11.3 Å². The van der Waals surface area contributed by atoms with Crippen molar-refractivity contribution in [2.75, 3.05) is 11.9 Å². The third-order valence-corrected chi connectivity index (χ3v) is 5.12. The van der Waals surface area contributed by atoms with Gasteiger partial charge in [0, 0.05) is 4.88 Å². The van der Waals surface area contributed by atoms with Gasteiger partial charge >= 0.3 is 5.97 Å². The molecule has 2 aromatic rings. The molecule has 0 aliphatic heterocycles. The van der Waals surface area contributed by atoms with Gasteiger partial charge in [-0.05, 0) is 43.9 Å². The summed E-state index contributed by atoms with van der Waals surface area (Å²) >= 11 is 1.41. The standard InChI is InChI=1S/C18H19FN2O3S/c1-2-24-17(23)12-5-8-14-15(10-12)25-18(20-14)21-16(22)9-11-3-6-13(19)7-4-11/h3-4,6-7,12H,2,5,8-10H2,1H3,(H,20,21,22). The molecule has 0 spiro atoms. The third-order valence-electron chi connectivity index (χ3n) is 4.08. The van der Waals surface area contributed by atoms with Gasteiger partial charge in [-0.25, -0.2) is 9.37 Å². The molecule has 0 bridgehead atoms. The Balaban J connectivity index is 1.60. The Hall–Kier alpha value is -2.28. The number of thiazole rings is 1. The summed E-state index contributed by atoms with van der Waals surface area (Å²) in [7, 11) is 0. The number of aromatic nitrogens is 1. The maximum Gasteiger partial charge on any atom is 0.309 e. The van der Waals surface area contributed by atoms with E-state index in [1.807, 2.05) is 0 Å². The minimum atomic E-state index is -0.326. The highest BCUT2D eigenvalue weighted by molar-refractivity contribution is 7.15. The number of nitrogens with zero attached hydrogens (tertiary/aromatic N) is 1. The molecule has 0 saturated heterocycles. The molecule has 0 radical (unpaired) electrons. The molecule has 25 heavy (non-hydrogen) atoms. The Morgan fingerprint density at radius 1 is 1.36 bits per heavy atom. The average Bonchev–Trinajstić information content (AvgIpc) is 2.98. The number of hydrogen-bond donors (Lipinski definition) is 1. The van der Waals surface area contributed by atoms with Crippen molar-refractivity contribution in [1.82, 2.24) is 4.98 Å². The van der Waals surface area contributed by atoms with E-state index in [4.69, 9.17) is 4.74 Å². The van der Waals surface area contributed by atoms with Crippen LogP contribution in [-0.2, 0) is 33.6 Å². The maximum absolute atomic E-state index is 12.9. The molecule has 7 heteroatoms. The molecule has 1 heterocycles. The van der Waals surface area contributed by atoms with Gasteiger partial charge in [0.25, 0.3) is 0 Å². The van der Waals surface area contributed by atoms with Crippen LogP contribution in [0.3, 0.4) is 0 Å². The molecule has 1 aliphatic carbocycles. The lowest BCUT2D eigenvalue weighted by Crippen LogP contribution is -2.24. The quantitative estimate of drug-likeness (QED) is 0.830. The van der Waals surface area contributed by atoms with Crippen molar-refractivity contribution in [3.8, 4) is 0 Å². The summed E-state index contributed by atoms with van der Waals surface area (Å²) in [5.74, 6) is -0.813. The second-order valence-electron chi connectivity index (χ2n) is 5.93. The first-order valence-electron chi connectivity index (χ1n) is 8.24. The van der Waals surface area contributed by atoms with Crippen molar-refractivity contribution < 1.29 is 18.7 Å². The van der Waals surface area contributed by atoms with Crippen molar-refractivity contribution in [1.29, 1.82) is 0 Å². The highest BCUT2D eigenvalue weighted by atomic mass is 32.1. The van der Waals surface area contributed by atoms with E-state index in [0.717, 1.165) is 22.6 Å². The van der Waals surface area contributed by atoms with Crippen LogP contribution in [0.15, 0.2) is 24.3 Å². The summed E-state index contributed by atoms with van der Waals surface area (Å²) in [4.78, 5) is 29.5. The lowest BCUT2D eigenvalue weighted by molar-refractivity contribution is -0.148. The summed E-state index contributed by atoms with van der Waals surface area (Å²) in [6.07, 6.45) is 2.21. The fraction of sp³-hybridized carbons (Fsp3) is 0.389. The zero-order valence-electron chi connectivity index (χ0n) is 13.9. The van der Waals surface area contributed by atoms with Crippen LogP contribution in [0, 0.1) is 11.7 Å². The third kappa shape index (κ3) is 4.42. The molecule has 0 saturated carbocycles. The van der Waals surface area contributed by atoms with Crippen LogP contribution in [0.5, 0.6) is 0 Å². The van der Waals surface area contributed by atoms with Crippen LogP contribution < -0.4 is 5.32 Å². The summed E-state index contributed by atoms with van der Waals surface area (Å²) in [5.41, 5.74) is 1.69. The number of amides is 1. The Labute approximate surface area is 149 Å². The van der Waals surface area contributed by atoms with E-state index in [1.165, 1.54) is 23.5 Å². The molecule has 1 aromatic carbocycles. The predicted molar refractivity (Wildman–Crippen MR) is 93.0 cm³/mol. The number of halogens is 1. The number of nitrogens with one attached hydrogen (secondary N) is 1. The molecule has 1 unspecified atom stereocenters. The molecular formula is C18H19FN2O3S. The van der Waals surface area contributed by atoms with E-state index < -0.39 is 0 Å². The van der Waals surface area contributed by atoms with E-state index in [0.29, 0.717) is 24.6 Å². The highest BCUT2D eigenvalue weighted by Crippen LogP contribution is 2.33. The van der Waals surface area contributed by atoms with Gasteiger partial charge in [-0.3, -0.25) is 9.59 Å². The zero-order valence-corrected chi connectivity index (χ0v) is 14.7. The topological polar surface area (TPSA) is 68.3 Å². The average molecular weight is 362 g/mol. The molecular weight excluding hydrogens is 343 g/mol. The predicted octanol–water partition coefficient (Wildman–Crippen LogP) is 3.13. The highest BCUT2D eigenvalue weighted by Gasteiger charge is 2.28. The van der Waals surface area contributed by atoms with E-state index in [2.05, 4.69) is 10.3 Å². The van der Waals surface area contributed by atoms with E-state index in [1.54, 1.807) is 19.1 Å². The Morgan fingerprint density at radius 2 is 2.12 bits per heavy atom. The summed E-state index contributed by atoms with van der Waals surface area (Å²) in [6, 6.07) is 5.85. The number of hydrogen-bond acceptors (Lipinski definition) is 5. The molecule has 3 rings (SSSR count).